The van der Waals surface area contributed by atoms with Crippen LogP contribution in [0, 0.1) is 0 Å². The molecule has 0 nitrogen and oxygen atoms in total. The lowest BCUT2D eigenvalue weighted by atomic mass is 9.95. The van der Waals surface area contributed by atoms with E-state index in [9.17, 15) is 0 Å². The largest absolute Gasteiger partial charge is 0.0616 e. The van der Waals surface area contributed by atoms with E-state index in [0.717, 1.165) is 0 Å². The van der Waals surface area contributed by atoms with Crippen molar-refractivity contribution in [2.45, 2.75) is 0 Å². The molecule has 8 aromatic carbocycles. The van der Waals surface area contributed by atoms with Gasteiger partial charge in [0, 0.05) is 0 Å². The van der Waals surface area contributed by atoms with Gasteiger partial charge in [-0.2, -0.15) is 0 Å². The first-order valence-corrected chi connectivity index (χ1v) is 13.2. The summed E-state index contributed by atoms with van der Waals surface area (Å²) in [5.74, 6) is 0. The Morgan fingerprint density at radius 3 is 0.974 bits per heavy atom. The van der Waals surface area contributed by atoms with E-state index in [1.54, 1.807) is 0 Å². The van der Waals surface area contributed by atoms with Crippen LogP contribution in [-0.2, 0) is 0 Å². The summed E-state index contributed by atoms with van der Waals surface area (Å²) in [6.45, 7) is 0. The fraction of sp³-hybridized carbons (Fsp3) is 0. The highest BCUT2D eigenvalue weighted by Gasteiger charge is 2.06. The van der Waals surface area contributed by atoms with Gasteiger partial charge in [0.25, 0.3) is 0 Å². The molecule has 0 amide bonds. The average Bonchev–Trinajstić information content (AvgIpc) is 2.95. The molecule has 8 rings (SSSR count). The van der Waals surface area contributed by atoms with Gasteiger partial charge in [0.2, 0.25) is 0 Å². The maximum absolute atomic E-state index is 2.35. The molecular formula is C38H24. The second-order valence-electron chi connectivity index (χ2n) is 10.3. The van der Waals surface area contributed by atoms with Crippen molar-refractivity contribution in [2.75, 3.05) is 0 Å². The number of hydrogen-bond donors (Lipinski definition) is 0. The highest BCUT2D eigenvalue weighted by atomic mass is 14.1. The Hall–Kier alpha value is -4.94. The zero-order valence-electron chi connectivity index (χ0n) is 20.9. The first kappa shape index (κ1) is 21.2. The average molecular weight is 481 g/mol. The highest BCUT2D eigenvalue weighted by Crippen LogP contribution is 2.32. The Balaban J connectivity index is 1.27. The molecule has 0 heterocycles. The van der Waals surface area contributed by atoms with Crippen LogP contribution in [0.15, 0.2) is 133 Å². The lowest BCUT2D eigenvalue weighted by molar-refractivity contribution is 1.72. The van der Waals surface area contributed by atoms with E-state index in [4.69, 9.17) is 0 Å². The zero-order valence-corrected chi connectivity index (χ0v) is 20.9. The van der Waals surface area contributed by atoms with E-state index >= 15 is 0 Å². The molecule has 0 N–H and O–H groups in total. The molecule has 0 aliphatic heterocycles. The van der Waals surface area contributed by atoms with Crippen LogP contribution in [0.1, 0.15) is 11.1 Å². The molecule has 0 radical (unpaired) electrons. The second kappa shape index (κ2) is 8.30. The third kappa shape index (κ3) is 3.46. The predicted molar refractivity (Wildman–Crippen MR) is 167 cm³/mol. The summed E-state index contributed by atoms with van der Waals surface area (Å²) in [5.41, 5.74) is 2.47. The smallest absolute Gasteiger partial charge is 0.0105 e. The molecule has 0 spiro atoms. The standard InChI is InChI=1S/C38H24/c1-3-9-29-19-35-23-37-25(11-5-13-31(37)21-33(35)17-27(29)7-1)15-16-26-12-6-14-32-22-34-18-28-8-2-4-10-30(28)20-36(34)24-38(26)32/h1-24H. The van der Waals surface area contributed by atoms with Crippen molar-refractivity contribution in [3.8, 4) is 0 Å². The second-order valence-corrected chi connectivity index (χ2v) is 10.3. The molecule has 0 heteroatoms. The Kier molecular flexibility index (Phi) is 4.62. The molecule has 0 atom stereocenters. The van der Waals surface area contributed by atoms with Crippen molar-refractivity contribution >= 4 is 76.8 Å². The van der Waals surface area contributed by atoms with Crippen molar-refractivity contribution < 1.29 is 0 Å². The van der Waals surface area contributed by atoms with Crippen LogP contribution < -0.4 is 0 Å². The molecule has 0 aromatic heterocycles. The van der Waals surface area contributed by atoms with E-state index in [1.165, 1.54) is 75.8 Å². The molecule has 38 heavy (non-hydrogen) atoms. The van der Waals surface area contributed by atoms with E-state index < -0.39 is 0 Å². The van der Waals surface area contributed by atoms with E-state index in [-0.39, 0.29) is 0 Å². The van der Waals surface area contributed by atoms with Gasteiger partial charge in [0.1, 0.15) is 0 Å². The highest BCUT2D eigenvalue weighted by molar-refractivity contribution is 6.09. The van der Waals surface area contributed by atoms with Crippen LogP contribution in [0.5, 0.6) is 0 Å². The third-order valence-corrected chi connectivity index (χ3v) is 7.91. The molecule has 0 aliphatic rings. The number of fused-ring (bicyclic) bond motifs is 6. The Bertz CT molecular complexity index is 2070. The maximum Gasteiger partial charge on any atom is -0.0105 e. The summed E-state index contributed by atoms with van der Waals surface area (Å²) in [6, 6.07) is 49.0. The van der Waals surface area contributed by atoms with Gasteiger partial charge in [0.15, 0.2) is 0 Å². The molecule has 0 bridgehead atoms. The fourth-order valence-corrected chi connectivity index (χ4v) is 5.96. The van der Waals surface area contributed by atoms with Gasteiger partial charge in [0.05, 0.1) is 0 Å². The fourth-order valence-electron chi connectivity index (χ4n) is 5.96. The molecule has 0 saturated carbocycles. The SMILES string of the molecule is C(=Cc1cccc2cc3cc4ccccc4cc3cc12)c1cccc2cc3cc4ccccc4cc3cc12. The molecule has 0 aliphatic carbocycles. The minimum absolute atomic E-state index is 1.24. The van der Waals surface area contributed by atoms with E-state index in [0.29, 0.717) is 0 Å². The molecule has 8 aromatic rings. The maximum atomic E-state index is 2.35. The quantitative estimate of drug-likeness (QED) is 0.170. The lowest BCUT2D eigenvalue weighted by Gasteiger charge is -2.09. The third-order valence-electron chi connectivity index (χ3n) is 7.91. The van der Waals surface area contributed by atoms with Crippen LogP contribution in [0.4, 0.5) is 0 Å². The van der Waals surface area contributed by atoms with Crippen LogP contribution in [-0.4, -0.2) is 0 Å². The minimum atomic E-state index is 1.24. The number of hydrogen-bond acceptors (Lipinski definition) is 0. The van der Waals surface area contributed by atoms with Crippen molar-refractivity contribution in [2.24, 2.45) is 0 Å². The van der Waals surface area contributed by atoms with Crippen molar-refractivity contribution in [1.82, 2.24) is 0 Å². The number of rotatable bonds is 2. The van der Waals surface area contributed by atoms with Gasteiger partial charge in [-0.05, 0) is 124 Å². The van der Waals surface area contributed by atoms with Crippen molar-refractivity contribution in [3.63, 3.8) is 0 Å². The molecule has 176 valence electrons. The lowest BCUT2D eigenvalue weighted by Crippen LogP contribution is -1.83. The van der Waals surface area contributed by atoms with E-state index in [2.05, 4.69) is 146 Å². The Morgan fingerprint density at radius 2 is 0.579 bits per heavy atom. The Labute approximate surface area is 221 Å². The monoisotopic (exact) mass is 480 g/mol. The molecule has 0 saturated heterocycles. The summed E-state index contributed by atoms with van der Waals surface area (Å²) < 4.78 is 0. The minimum Gasteiger partial charge on any atom is -0.0616 e. The summed E-state index contributed by atoms with van der Waals surface area (Å²) in [7, 11) is 0. The summed E-state index contributed by atoms with van der Waals surface area (Å²) in [4.78, 5) is 0. The predicted octanol–water partition coefficient (Wildman–Crippen LogP) is 10.8. The zero-order chi connectivity index (χ0) is 25.1. The molecule has 0 fully saturated rings. The summed E-state index contributed by atoms with van der Waals surface area (Å²) in [6.07, 6.45) is 4.54. The topological polar surface area (TPSA) is 0 Å². The normalized spacial score (nSPS) is 12.1. The van der Waals surface area contributed by atoms with Crippen LogP contribution >= 0.6 is 0 Å². The van der Waals surface area contributed by atoms with E-state index in [1.807, 2.05) is 0 Å². The van der Waals surface area contributed by atoms with Gasteiger partial charge in [-0.3, -0.25) is 0 Å². The molecule has 0 unspecified atom stereocenters. The first-order chi connectivity index (χ1) is 18.8. The molecular weight excluding hydrogens is 456 g/mol. The van der Waals surface area contributed by atoms with Gasteiger partial charge in [-0.1, -0.05) is 97.1 Å². The number of benzene rings is 8. The summed E-state index contributed by atoms with van der Waals surface area (Å²) in [5, 5.41) is 15.4. The summed E-state index contributed by atoms with van der Waals surface area (Å²) >= 11 is 0. The van der Waals surface area contributed by atoms with Gasteiger partial charge < -0.3 is 0 Å². The van der Waals surface area contributed by atoms with Crippen LogP contribution in [0.25, 0.3) is 76.8 Å². The van der Waals surface area contributed by atoms with Crippen LogP contribution in [0.3, 0.4) is 0 Å². The van der Waals surface area contributed by atoms with Gasteiger partial charge >= 0.3 is 0 Å². The van der Waals surface area contributed by atoms with Crippen molar-refractivity contribution in [1.29, 1.82) is 0 Å². The Morgan fingerprint density at radius 1 is 0.263 bits per heavy atom. The van der Waals surface area contributed by atoms with Crippen molar-refractivity contribution in [3.05, 3.63) is 145 Å². The van der Waals surface area contributed by atoms with Crippen LogP contribution in [0.2, 0.25) is 0 Å². The van der Waals surface area contributed by atoms with Gasteiger partial charge in [-0.15, -0.1) is 0 Å². The van der Waals surface area contributed by atoms with Gasteiger partial charge in [-0.25, -0.2) is 0 Å². The first-order valence-electron chi connectivity index (χ1n) is 13.2.